The van der Waals surface area contributed by atoms with Crippen LogP contribution in [0.5, 0.6) is 5.75 Å². The molecule has 0 atom stereocenters. The summed E-state index contributed by atoms with van der Waals surface area (Å²) in [6.07, 6.45) is 3.82. The van der Waals surface area contributed by atoms with E-state index in [1.54, 1.807) is 17.0 Å². The largest absolute Gasteiger partial charge is 0.508 e. The van der Waals surface area contributed by atoms with E-state index in [1.165, 1.54) is 11.8 Å². The third-order valence-corrected chi connectivity index (χ3v) is 5.99. The Labute approximate surface area is 186 Å². The molecule has 0 radical (unpaired) electrons. The van der Waals surface area contributed by atoms with Gasteiger partial charge in [0.25, 0.3) is 5.91 Å². The number of hydrogen-bond acceptors (Lipinski definition) is 5. The highest BCUT2D eigenvalue weighted by atomic mass is 32.2. The Hall–Kier alpha value is -3.45. The van der Waals surface area contributed by atoms with Gasteiger partial charge in [0.05, 0.1) is 10.6 Å². The Morgan fingerprint density at radius 2 is 1.77 bits per heavy atom. The van der Waals surface area contributed by atoms with E-state index in [0.29, 0.717) is 16.6 Å². The van der Waals surface area contributed by atoms with Crippen LogP contribution >= 0.6 is 11.8 Å². The zero-order valence-corrected chi connectivity index (χ0v) is 18.5. The van der Waals surface area contributed by atoms with E-state index in [2.05, 4.69) is 0 Å². The predicted octanol–water partition coefficient (Wildman–Crippen LogP) is 4.87. The summed E-state index contributed by atoms with van der Waals surface area (Å²) in [6, 6.07) is 18.8. The Kier molecular flexibility index (Phi) is 5.86. The number of rotatable bonds is 5. The third-order valence-electron chi connectivity index (χ3n) is 4.98. The van der Waals surface area contributed by atoms with Crippen molar-refractivity contribution in [3.8, 4) is 11.4 Å². The van der Waals surface area contributed by atoms with Crippen LogP contribution in [0.25, 0.3) is 11.8 Å². The highest BCUT2D eigenvalue weighted by Crippen LogP contribution is 2.34. The standard InChI is InChI=1S/C24H24N4O2S/c1-4-27-23(30)22(31-24(27)25-17-7-9-18(10-8-17)26(2)3)16-20-6-5-15-28(20)19-11-13-21(29)14-12-19/h5-16,29H,4H2,1-3H3/b22-16-,25-24?. The molecule has 1 fully saturated rings. The molecule has 0 aliphatic carbocycles. The molecule has 1 aliphatic rings. The van der Waals surface area contributed by atoms with Crippen molar-refractivity contribution < 1.29 is 9.90 Å². The second-order valence-electron chi connectivity index (χ2n) is 7.28. The van der Waals surface area contributed by atoms with Gasteiger partial charge in [-0.2, -0.15) is 0 Å². The summed E-state index contributed by atoms with van der Waals surface area (Å²) >= 11 is 1.39. The highest BCUT2D eigenvalue weighted by molar-refractivity contribution is 8.18. The van der Waals surface area contributed by atoms with Crippen LogP contribution in [-0.4, -0.2) is 46.3 Å². The van der Waals surface area contributed by atoms with Crippen molar-refractivity contribution in [1.82, 2.24) is 9.47 Å². The molecule has 1 saturated heterocycles. The third kappa shape index (κ3) is 4.36. The molecule has 158 valence electrons. The first-order valence-corrected chi connectivity index (χ1v) is 10.8. The number of amidine groups is 1. The highest BCUT2D eigenvalue weighted by Gasteiger charge is 2.32. The topological polar surface area (TPSA) is 61.1 Å². The van der Waals surface area contributed by atoms with Crippen molar-refractivity contribution in [3.05, 3.63) is 77.5 Å². The van der Waals surface area contributed by atoms with E-state index >= 15 is 0 Å². The molecule has 3 aromatic rings. The molecule has 1 amide bonds. The number of amides is 1. The summed E-state index contributed by atoms with van der Waals surface area (Å²) in [7, 11) is 3.99. The Morgan fingerprint density at radius 1 is 1.06 bits per heavy atom. The van der Waals surface area contributed by atoms with Crippen LogP contribution in [0.15, 0.2) is 76.8 Å². The number of aromatic nitrogens is 1. The van der Waals surface area contributed by atoms with Crippen LogP contribution in [0.2, 0.25) is 0 Å². The molecule has 0 unspecified atom stereocenters. The molecule has 0 bridgehead atoms. The molecule has 0 spiro atoms. The van der Waals surface area contributed by atoms with Crippen molar-refractivity contribution >= 4 is 40.3 Å². The normalized spacial score (nSPS) is 16.5. The van der Waals surface area contributed by atoms with Gasteiger partial charge in [0, 0.05) is 43.9 Å². The SMILES string of the molecule is CCN1C(=O)/C(=C/c2cccn2-c2ccc(O)cc2)SC1=Nc1ccc(N(C)C)cc1. The van der Waals surface area contributed by atoms with Gasteiger partial charge in [-0.25, -0.2) is 4.99 Å². The zero-order chi connectivity index (χ0) is 22.0. The quantitative estimate of drug-likeness (QED) is 0.584. The Balaban J connectivity index is 1.64. The molecule has 4 rings (SSSR count). The lowest BCUT2D eigenvalue weighted by molar-refractivity contribution is -0.122. The first-order chi connectivity index (χ1) is 15.0. The lowest BCUT2D eigenvalue weighted by atomic mass is 10.3. The molecular formula is C24H24N4O2S. The predicted molar refractivity (Wildman–Crippen MR) is 128 cm³/mol. The summed E-state index contributed by atoms with van der Waals surface area (Å²) in [5.41, 5.74) is 3.71. The van der Waals surface area contributed by atoms with E-state index in [1.807, 2.05) is 91.3 Å². The van der Waals surface area contributed by atoms with Crippen LogP contribution in [0.4, 0.5) is 11.4 Å². The molecule has 6 nitrogen and oxygen atoms in total. The molecule has 0 saturated carbocycles. The van der Waals surface area contributed by atoms with E-state index < -0.39 is 0 Å². The number of likely N-dealkylation sites (N-methyl/N-ethyl adjacent to an activating group) is 1. The Morgan fingerprint density at radius 3 is 2.42 bits per heavy atom. The van der Waals surface area contributed by atoms with Gasteiger partial charge < -0.3 is 14.6 Å². The van der Waals surface area contributed by atoms with E-state index in [9.17, 15) is 9.90 Å². The summed E-state index contributed by atoms with van der Waals surface area (Å²) in [5.74, 6) is 0.171. The molecule has 7 heteroatoms. The van der Waals surface area contributed by atoms with E-state index in [0.717, 1.165) is 22.8 Å². The molecule has 2 heterocycles. The number of thioether (sulfide) groups is 1. The van der Waals surface area contributed by atoms with Gasteiger partial charge in [0.2, 0.25) is 0 Å². The van der Waals surface area contributed by atoms with Gasteiger partial charge in [0.15, 0.2) is 5.17 Å². The smallest absolute Gasteiger partial charge is 0.266 e. The second kappa shape index (κ2) is 8.73. The lowest BCUT2D eigenvalue weighted by Crippen LogP contribution is -2.28. The van der Waals surface area contributed by atoms with Gasteiger partial charge in [-0.3, -0.25) is 9.69 Å². The van der Waals surface area contributed by atoms with Crippen molar-refractivity contribution in [1.29, 1.82) is 0 Å². The molecule has 1 aromatic heterocycles. The zero-order valence-electron chi connectivity index (χ0n) is 17.7. The maximum absolute atomic E-state index is 13.0. The number of carbonyl (C=O) groups is 1. The van der Waals surface area contributed by atoms with Gasteiger partial charge in [-0.1, -0.05) is 0 Å². The minimum Gasteiger partial charge on any atom is -0.508 e. The minimum atomic E-state index is -0.0467. The monoisotopic (exact) mass is 432 g/mol. The van der Waals surface area contributed by atoms with Gasteiger partial charge in [-0.05, 0) is 85.4 Å². The number of aromatic hydroxyl groups is 1. The fourth-order valence-corrected chi connectivity index (χ4v) is 4.35. The first kappa shape index (κ1) is 20.8. The first-order valence-electron chi connectivity index (χ1n) is 10.0. The van der Waals surface area contributed by atoms with Crippen molar-refractivity contribution in [2.75, 3.05) is 25.5 Å². The van der Waals surface area contributed by atoms with Crippen LogP contribution in [-0.2, 0) is 4.79 Å². The number of anilines is 1. The molecule has 2 aromatic carbocycles. The van der Waals surface area contributed by atoms with Crippen molar-refractivity contribution in [2.24, 2.45) is 4.99 Å². The minimum absolute atomic E-state index is 0.0467. The van der Waals surface area contributed by atoms with Gasteiger partial charge in [-0.15, -0.1) is 0 Å². The number of benzene rings is 2. The summed E-state index contributed by atoms with van der Waals surface area (Å²) in [5, 5.41) is 10.2. The average Bonchev–Trinajstić information content (AvgIpc) is 3.33. The summed E-state index contributed by atoms with van der Waals surface area (Å²) in [6.45, 7) is 2.50. The second-order valence-corrected chi connectivity index (χ2v) is 8.29. The fourth-order valence-electron chi connectivity index (χ4n) is 3.30. The van der Waals surface area contributed by atoms with Crippen LogP contribution in [0.1, 0.15) is 12.6 Å². The van der Waals surface area contributed by atoms with E-state index in [4.69, 9.17) is 4.99 Å². The molecule has 1 aliphatic heterocycles. The number of phenols is 1. The maximum atomic E-state index is 13.0. The fraction of sp³-hybridized carbons (Fsp3) is 0.167. The van der Waals surface area contributed by atoms with Gasteiger partial charge >= 0.3 is 0 Å². The Bertz CT molecular complexity index is 1150. The van der Waals surface area contributed by atoms with Crippen molar-refractivity contribution in [3.63, 3.8) is 0 Å². The molecule has 31 heavy (non-hydrogen) atoms. The van der Waals surface area contributed by atoms with Gasteiger partial charge in [0.1, 0.15) is 5.75 Å². The number of carbonyl (C=O) groups excluding carboxylic acids is 1. The number of phenolic OH excluding ortho intramolecular Hbond substituents is 1. The maximum Gasteiger partial charge on any atom is 0.266 e. The average molecular weight is 433 g/mol. The van der Waals surface area contributed by atoms with E-state index in [-0.39, 0.29) is 11.7 Å². The summed E-state index contributed by atoms with van der Waals surface area (Å²) in [4.78, 5) is 22.1. The molecular weight excluding hydrogens is 408 g/mol. The van der Waals surface area contributed by atoms with Crippen LogP contribution in [0.3, 0.4) is 0 Å². The molecule has 1 N–H and O–H groups in total. The number of nitrogens with zero attached hydrogens (tertiary/aromatic N) is 4. The van der Waals surface area contributed by atoms with Crippen LogP contribution < -0.4 is 4.90 Å². The number of hydrogen-bond donors (Lipinski definition) is 1. The van der Waals surface area contributed by atoms with Crippen LogP contribution in [0, 0.1) is 0 Å². The van der Waals surface area contributed by atoms with Crippen molar-refractivity contribution in [2.45, 2.75) is 6.92 Å². The summed E-state index contributed by atoms with van der Waals surface area (Å²) < 4.78 is 1.98. The number of aliphatic imine (C=N–C) groups is 1. The lowest BCUT2D eigenvalue weighted by Gasteiger charge is -2.13.